The smallest absolute Gasteiger partial charge is 0.306 e. The van der Waals surface area contributed by atoms with Crippen molar-refractivity contribution in [2.45, 2.75) is 51.0 Å². The van der Waals surface area contributed by atoms with Gasteiger partial charge in [0.05, 0.1) is 5.92 Å². The van der Waals surface area contributed by atoms with Crippen LogP contribution in [0.15, 0.2) is 0 Å². The molecule has 1 aliphatic carbocycles. The molecule has 0 bridgehead atoms. The van der Waals surface area contributed by atoms with Gasteiger partial charge in [0.15, 0.2) is 0 Å². The zero-order valence-corrected chi connectivity index (χ0v) is 13.3. The van der Waals surface area contributed by atoms with E-state index in [4.69, 9.17) is 15.6 Å². The lowest BCUT2D eigenvalue weighted by molar-refractivity contribution is -0.144. The first-order chi connectivity index (χ1) is 11.0. The summed E-state index contributed by atoms with van der Waals surface area (Å²) in [7, 11) is 0. The lowest BCUT2D eigenvalue weighted by Crippen LogP contribution is -2.47. The molecule has 1 saturated carbocycles. The van der Waals surface area contributed by atoms with Crippen molar-refractivity contribution in [3.63, 3.8) is 0 Å². The molecule has 0 aromatic rings. The maximum absolute atomic E-state index is 12.5. The van der Waals surface area contributed by atoms with Crippen LogP contribution in [0.25, 0.3) is 0 Å². The number of hydrogen-bond acceptors (Lipinski definition) is 4. The number of nitrogens with one attached hydrogen (secondary N) is 1. The molecule has 2 aliphatic rings. The summed E-state index contributed by atoms with van der Waals surface area (Å²) in [5.41, 5.74) is 5.32. The van der Waals surface area contributed by atoms with E-state index in [1.165, 1.54) is 0 Å². The summed E-state index contributed by atoms with van der Waals surface area (Å²) in [5, 5.41) is 12.1. The predicted octanol–water partition coefficient (Wildman–Crippen LogP) is 0.664. The van der Waals surface area contributed by atoms with Crippen LogP contribution in [0.5, 0.6) is 0 Å². The normalized spacial score (nSPS) is 27.1. The first-order valence-corrected chi connectivity index (χ1v) is 8.36. The summed E-state index contributed by atoms with van der Waals surface area (Å²) < 4.78 is 5.32. The maximum Gasteiger partial charge on any atom is 0.306 e. The molecule has 7 heteroatoms. The summed E-state index contributed by atoms with van der Waals surface area (Å²) in [5.74, 6) is -1.97. The molecule has 130 valence electrons. The minimum absolute atomic E-state index is 0.117. The number of carboxylic acids is 1. The minimum atomic E-state index is -0.833. The van der Waals surface area contributed by atoms with Gasteiger partial charge in [-0.05, 0) is 38.0 Å². The standard InChI is InChI=1S/C16H26N2O5/c17-14(19)9-13(10-4-6-23-7-5-10)18-15(20)11-2-1-3-12(8-11)16(21)22/h10-13H,1-9H2,(H2,17,19)(H,18,20)(H,21,22). The fourth-order valence-electron chi connectivity index (χ4n) is 3.62. The number of carbonyl (C=O) groups excluding carboxylic acids is 2. The Balaban J connectivity index is 1.95. The summed E-state index contributed by atoms with van der Waals surface area (Å²) in [4.78, 5) is 35.0. The van der Waals surface area contributed by atoms with E-state index in [9.17, 15) is 14.4 Å². The molecule has 0 spiro atoms. The molecular formula is C16H26N2O5. The number of carboxylic acid groups (broad SMARTS) is 1. The van der Waals surface area contributed by atoms with Gasteiger partial charge in [0.25, 0.3) is 0 Å². The fraction of sp³-hybridized carbons (Fsp3) is 0.812. The van der Waals surface area contributed by atoms with Crippen molar-refractivity contribution >= 4 is 17.8 Å². The molecule has 2 fully saturated rings. The fourth-order valence-corrected chi connectivity index (χ4v) is 3.62. The summed E-state index contributed by atoms with van der Waals surface area (Å²) >= 11 is 0. The van der Waals surface area contributed by atoms with Gasteiger partial charge >= 0.3 is 5.97 Å². The van der Waals surface area contributed by atoms with Crippen LogP contribution in [-0.2, 0) is 19.1 Å². The van der Waals surface area contributed by atoms with E-state index in [-0.39, 0.29) is 30.2 Å². The Morgan fingerprint density at radius 2 is 1.78 bits per heavy atom. The third-order valence-corrected chi connectivity index (χ3v) is 4.98. The van der Waals surface area contributed by atoms with E-state index in [0.29, 0.717) is 32.5 Å². The topological polar surface area (TPSA) is 119 Å². The molecule has 1 saturated heterocycles. The SMILES string of the molecule is NC(=O)CC(NC(=O)C1CCCC(C(=O)O)C1)C1CCOCC1. The summed E-state index contributed by atoms with van der Waals surface area (Å²) in [6, 6.07) is -0.283. The molecule has 2 rings (SSSR count). The Kier molecular flexibility index (Phi) is 6.38. The Hall–Kier alpha value is -1.63. The van der Waals surface area contributed by atoms with E-state index < -0.39 is 17.8 Å². The van der Waals surface area contributed by atoms with Gasteiger partial charge in [-0.3, -0.25) is 14.4 Å². The van der Waals surface area contributed by atoms with Crippen LogP contribution in [0, 0.1) is 17.8 Å². The van der Waals surface area contributed by atoms with Gasteiger partial charge in [-0.2, -0.15) is 0 Å². The number of aliphatic carboxylic acids is 1. The second-order valence-electron chi connectivity index (χ2n) is 6.63. The zero-order chi connectivity index (χ0) is 16.8. The Morgan fingerprint density at radius 1 is 1.13 bits per heavy atom. The predicted molar refractivity (Wildman–Crippen MR) is 82.4 cm³/mol. The molecule has 0 radical (unpaired) electrons. The van der Waals surface area contributed by atoms with Crippen LogP contribution in [0.1, 0.15) is 44.9 Å². The highest BCUT2D eigenvalue weighted by atomic mass is 16.5. The molecule has 23 heavy (non-hydrogen) atoms. The molecule has 3 atom stereocenters. The number of carbonyl (C=O) groups is 3. The lowest BCUT2D eigenvalue weighted by Gasteiger charge is -2.33. The molecule has 3 unspecified atom stereocenters. The van der Waals surface area contributed by atoms with Crippen LogP contribution in [-0.4, -0.2) is 42.1 Å². The Labute approximate surface area is 135 Å². The van der Waals surface area contributed by atoms with Crippen molar-refractivity contribution in [2.24, 2.45) is 23.5 Å². The third-order valence-electron chi connectivity index (χ3n) is 4.98. The first kappa shape index (κ1) is 17.7. The van der Waals surface area contributed by atoms with Gasteiger partial charge < -0.3 is 20.9 Å². The first-order valence-electron chi connectivity index (χ1n) is 8.36. The molecule has 4 N–H and O–H groups in total. The minimum Gasteiger partial charge on any atom is -0.481 e. The monoisotopic (exact) mass is 326 g/mol. The molecule has 1 heterocycles. The highest BCUT2D eigenvalue weighted by Crippen LogP contribution is 2.30. The number of primary amides is 1. The van der Waals surface area contributed by atoms with Gasteiger partial charge in [-0.15, -0.1) is 0 Å². The van der Waals surface area contributed by atoms with Crippen LogP contribution in [0.3, 0.4) is 0 Å². The largest absolute Gasteiger partial charge is 0.481 e. The highest BCUT2D eigenvalue weighted by Gasteiger charge is 2.33. The second-order valence-corrected chi connectivity index (χ2v) is 6.63. The molecule has 0 aromatic heterocycles. The second kappa shape index (κ2) is 8.29. The van der Waals surface area contributed by atoms with Crippen molar-refractivity contribution in [3.05, 3.63) is 0 Å². The average Bonchev–Trinajstić information content (AvgIpc) is 2.54. The summed E-state index contributed by atoms with van der Waals surface area (Å²) in [6.45, 7) is 1.25. The van der Waals surface area contributed by atoms with Crippen molar-refractivity contribution in [1.29, 1.82) is 0 Å². The number of nitrogens with two attached hydrogens (primary N) is 1. The molecule has 1 aliphatic heterocycles. The Morgan fingerprint density at radius 3 is 2.39 bits per heavy atom. The van der Waals surface area contributed by atoms with Crippen LogP contribution in [0.2, 0.25) is 0 Å². The molecule has 7 nitrogen and oxygen atoms in total. The van der Waals surface area contributed by atoms with Gasteiger partial charge in [-0.1, -0.05) is 6.42 Å². The number of hydrogen-bond donors (Lipinski definition) is 3. The van der Waals surface area contributed by atoms with E-state index in [0.717, 1.165) is 19.3 Å². The van der Waals surface area contributed by atoms with Crippen LogP contribution >= 0.6 is 0 Å². The number of amides is 2. The maximum atomic E-state index is 12.5. The van der Waals surface area contributed by atoms with E-state index in [1.54, 1.807) is 0 Å². The van der Waals surface area contributed by atoms with Gasteiger partial charge in [0.2, 0.25) is 11.8 Å². The van der Waals surface area contributed by atoms with Crippen LogP contribution < -0.4 is 11.1 Å². The third kappa shape index (κ3) is 5.20. The number of ether oxygens (including phenoxy) is 1. The summed E-state index contributed by atoms with van der Waals surface area (Å²) in [6.07, 6.45) is 4.15. The van der Waals surface area contributed by atoms with Gasteiger partial charge in [0, 0.05) is 31.6 Å². The van der Waals surface area contributed by atoms with Crippen molar-refractivity contribution in [2.75, 3.05) is 13.2 Å². The van der Waals surface area contributed by atoms with E-state index >= 15 is 0 Å². The van der Waals surface area contributed by atoms with Crippen LogP contribution in [0.4, 0.5) is 0 Å². The van der Waals surface area contributed by atoms with Crippen molar-refractivity contribution < 1.29 is 24.2 Å². The zero-order valence-electron chi connectivity index (χ0n) is 13.3. The number of rotatable bonds is 6. The lowest BCUT2D eigenvalue weighted by atomic mass is 9.80. The van der Waals surface area contributed by atoms with Gasteiger partial charge in [-0.25, -0.2) is 0 Å². The molecular weight excluding hydrogens is 300 g/mol. The Bertz CT molecular complexity index is 448. The van der Waals surface area contributed by atoms with E-state index in [1.807, 2.05) is 0 Å². The highest BCUT2D eigenvalue weighted by molar-refractivity contribution is 5.81. The van der Waals surface area contributed by atoms with E-state index in [2.05, 4.69) is 5.32 Å². The van der Waals surface area contributed by atoms with Gasteiger partial charge in [0.1, 0.15) is 0 Å². The average molecular weight is 326 g/mol. The quantitative estimate of drug-likeness (QED) is 0.662. The molecule has 0 aromatic carbocycles. The van der Waals surface area contributed by atoms with Crippen molar-refractivity contribution in [1.82, 2.24) is 5.32 Å². The van der Waals surface area contributed by atoms with Crippen molar-refractivity contribution in [3.8, 4) is 0 Å². The molecule has 2 amide bonds.